The summed E-state index contributed by atoms with van der Waals surface area (Å²) in [7, 11) is 0. The van der Waals surface area contributed by atoms with E-state index in [2.05, 4.69) is 0 Å². The van der Waals surface area contributed by atoms with Crippen molar-refractivity contribution in [1.29, 1.82) is 0 Å². The number of ether oxygens (including phenoxy) is 2. The summed E-state index contributed by atoms with van der Waals surface area (Å²) in [5.41, 5.74) is -0.360. The van der Waals surface area contributed by atoms with Crippen molar-refractivity contribution in [3.63, 3.8) is 0 Å². The van der Waals surface area contributed by atoms with Crippen molar-refractivity contribution >= 4 is 11.9 Å². The van der Waals surface area contributed by atoms with Gasteiger partial charge in [0.1, 0.15) is 18.0 Å². The minimum absolute atomic E-state index is 0.0697. The molecule has 0 radical (unpaired) electrons. The van der Waals surface area contributed by atoms with Crippen LogP contribution in [0.2, 0.25) is 0 Å². The molecule has 0 spiro atoms. The van der Waals surface area contributed by atoms with Crippen molar-refractivity contribution in [3.05, 3.63) is 22.5 Å². The second kappa shape index (κ2) is 4.61. The van der Waals surface area contributed by atoms with E-state index in [9.17, 15) is 14.7 Å². The lowest BCUT2D eigenvalue weighted by atomic mass is 9.60. The Morgan fingerprint density at radius 1 is 1.24 bits per heavy atom. The first-order valence-electron chi connectivity index (χ1n) is 7.08. The molecule has 116 valence electrons. The fourth-order valence-corrected chi connectivity index (χ4v) is 3.63. The van der Waals surface area contributed by atoms with Crippen molar-refractivity contribution in [1.82, 2.24) is 0 Å². The molecule has 1 fully saturated rings. The predicted molar refractivity (Wildman–Crippen MR) is 76.4 cm³/mol. The Morgan fingerprint density at radius 2 is 1.81 bits per heavy atom. The summed E-state index contributed by atoms with van der Waals surface area (Å²) in [5, 5.41) is 10.0. The smallest absolute Gasteiger partial charge is 0.338 e. The lowest BCUT2D eigenvalue weighted by Gasteiger charge is -2.45. The Balaban J connectivity index is 2.75. The maximum Gasteiger partial charge on any atom is 0.338 e. The average molecular weight is 294 g/mol. The van der Waals surface area contributed by atoms with Gasteiger partial charge in [-0.05, 0) is 39.2 Å². The van der Waals surface area contributed by atoms with Gasteiger partial charge in [-0.1, -0.05) is 13.8 Å². The van der Waals surface area contributed by atoms with Gasteiger partial charge in [0.2, 0.25) is 0 Å². The van der Waals surface area contributed by atoms with Gasteiger partial charge in [0, 0.05) is 5.57 Å². The van der Waals surface area contributed by atoms with E-state index in [1.165, 1.54) is 6.92 Å². The molecule has 2 atom stereocenters. The Morgan fingerprint density at radius 3 is 2.19 bits per heavy atom. The van der Waals surface area contributed by atoms with Crippen LogP contribution in [0, 0.1) is 11.3 Å². The highest BCUT2D eigenvalue weighted by molar-refractivity contribution is 5.96. The summed E-state index contributed by atoms with van der Waals surface area (Å²) in [6, 6.07) is 0. The molecule has 0 saturated carbocycles. The monoisotopic (exact) mass is 294 g/mol. The highest BCUT2D eigenvalue weighted by Crippen LogP contribution is 2.57. The third-order valence-electron chi connectivity index (χ3n) is 5.16. The number of carbonyl (C=O) groups excluding carboxylic acids is 2. The van der Waals surface area contributed by atoms with E-state index in [0.717, 1.165) is 5.57 Å². The van der Waals surface area contributed by atoms with Gasteiger partial charge in [0.05, 0.1) is 11.0 Å². The van der Waals surface area contributed by atoms with E-state index in [1.807, 2.05) is 20.8 Å². The van der Waals surface area contributed by atoms with Crippen LogP contribution in [-0.4, -0.2) is 29.3 Å². The quantitative estimate of drug-likeness (QED) is 0.481. The molecule has 1 saturated heterocycles. The molecular weight excluding hydrogens is 272 g/mol. The molecule has 2 aliphatic heterocycles. The molecule has 0 amide bonds. The van der Waals surface area contributed by atoms with Gasteiger partial charge >= 0.3 is 11.9 Å². The third-order valence-corrected chi connectivity index (χ3v) is 5.16. The molecule has 0 aliphatic carbocycles. The molecule has 0 aromatic carbocycles. The highest BCUT2D eigenvalue weighted by Gasteiger charge is 2.65. The molecule has 2 aliphatic rings. The topological polar surface area (TPSA) is 72.8 Å². The molecule has 0 bridgehead atoms. The van der Waals surface area contributed by atoms with Crippen molar-refractivity contribution in [2.75, 3.05) is 6.61 Å². The zero-order chi connectivity index (χ0) is 16.2. The highest BCUT2D eigenvalue weighted by atomic mass is 16.6. The molecular formula is C16H22O5. The van der Waals surface area contributed by atoms with Gasteiger partial charge in [-0.2, -0.15) is 0 Å². The summed E-state index contributed by atoms with van der Waals surface area (Å²) in [6.45, 7) is 10.8. The van der Waals surface area contributed by atoms with Crippen LogP contribution in [0.4, 0.5) is 0 Å². The van der Waals surface area contributed by atoms with Gasteiger partial charge in [-0.15, -0.1) is 0 Å². The van der Waals surface area contributed by atoms with Gasteiger partial charge in [0.15, 0.2) is 0 Å². The summed E-state index contributed by atoms with van der Waals surface area (Å²) in [6.07, 6.45) is 0. The second-order valence-corrected chi connectivity index (χ2v) is 6.34. The van der Waals surface area contributed by atoms with Crippen LogP contribution in [0.1, 0.15) is 41.5 Å². The van der Waals surface area contributed by atoms with E-state index in [0.29, 0.717) is 5.57 Å². The molecule has 5 heteroatoms. The van der Waals surface area contributed by atoms with Crippen LogP contribution in [0.15, 0.2) is 22.5 Å². The van der Waals surface area contributed by atoms with Crippen molar-refractivity contribution in [3.8, 4) is 0 Å². The first-order chi connectivity index (χ1) is 9.59. The van der Waals surface area contributed by atoms with Crippen LogP contribution in [0.3, 0.4) is 0 Å². The first kappa shape index (κ1) is 15.6. The van der Waals surface area contributed by atoms with Gasteiger partial charge < -0.3 is 14.6 Å². The lowest BCUT2D eigenvalue weighted by Crippen LogP contribution is -2.53. The first-order valence-corrected chi connectivity index (χ1v) is 7.08. The van der Waals surface area contributed by atoms with Crippen LogP contribution < -0.4 is 0 Å². The van der Waals surface area contributed by atoms with Crippen molar-refractivity contribution in [2.45, 2.75) is 47.1 Å². The van der Waals surface area contributed by atoms with Gasteiger partial charge in [-0.3, -0.25) is 0 Å². The number of rotatable bonds is 2. The van der Waals surface area contributed by atoms with Crippen LogP contribution in [0.25, 0.3) is 0 Å². The maximum absolute atomic E-state index is 12.1. The van der Waals surface area contributed by atoms with Crippen molar-refractivity contribution in [2.24, 2.45) is 11.3 Å². The zero-order valence-electron chi connectivity index (χ0n) is 13.4. The SMILES string of the molecule is CC1=C(C)C(C)([C@]2(C(C)C)COC(=O)/C2=C(/C)O)OC1=O. The number of aliphatic hydroxyl groups is 1. The van der Waals surface area contributed by atoms with Gasteiger partial charge in [-0.25, -0.2) is 9.59 Å². The molecule has 2 rings (SSSR count). The fourth-order valence-electron chi connectivity index (χ4n) is 3.63. The number of aliphatic hydroxyl groups excluding tert-OH is 1. The second-order valence-electron chi connectivity index (χ2n) is 6.34. The van der Waals surface area contributed by atoms with Crippen LogP contribution in [0.5, 0.6) is 0 Å². The van der Waals surface area contributed by atoms with E-state index in [1.54, 1.807) is 13.8 Å². The largest absolute Gasteiger partial charge is 0.512 e. The Bertz CT molecular complexity index is 579. The molecule has 1 N–H and O–H groups in total. The summed E-state index contributed by atoms with van der Waals surface area (Å²) >= 11 is 0. The van der Waals surface area contributed by atoms with Crippen LogP contribution >= 0.6 is 0 Å². The number of allylic oxidation sites excluding steroid dienone is 1. The third kappa shape index (κ3) is 1.76. The minimum atomic E-state index is -1.01. The summed E-state index contributed by atoms with van der Waals surface area (Å²) in [4.78, 5) is 24.1. The lowest BCUT2D eigenvalue weighted by molar-refractivity contribution is -0.158. The zero-order valence-corrected chi connectivity index (χ0v) is 13.4. The fraction of sp³-hybridized carbons (Fsp3) is 0.625. The normalized spacial score (nSPS) is 35.4. The molecule has 2 heterocycles. The van der Waals surface area contributed by atoms with E-state index in [-0.39, 0.29) is 29.8 Å². The predicted octanol–water partition coefficient (Wildman–Crippen LogP) is 2.67. The maximum atomic E-state index is 12.1. The number of esters is 2. The average Bonchev–Trinajstić information content (AvgIpc) is 2.83. The molecule has 0 aromatic heterocycles. The van der Waals surface area contributed by atoms with Gasteiger partial charge in [0.25, 0.3) is 0 Å². The molecule has 1 unspecified atom stereocenters. The Hall–Kier alpha value is -1.78. The Kier molecular flexibility index (Phi) is 3.43. The number of carbonyl (C=O) groups is 2. The van der Waals surface area contributed by atoms with E-state index < -0.39 is 17.0 Å². The van der Waals surface area contributed by atoms with E-state index in [4.69, 9.17) is 9.47 Å². The molecule has 21 heavy (non-hydrogen) atoms. The number of cyclic esters (lactones) is 2. The standard InChI is InChI=1S/C16H22O5/c1-8(2)16(7-20-14(19)12(16)11(5)17)15(6)10(4)9(3)13(18)21-15/h8,17H,7H2,1-6H3/b12-11+/t15?,16-/m0/s1. The summed E-state index contributed by atoms with van der Waals surface area (Å²) < 4.78 is 10.9. The molecule has 0 aromatic rings. The van der Waals surface area contributed by atoms with Crippen LogP contribution in [-0.2, 0) is 19.1 Å². The number of hydrogen-bond donors (Lipinski definition) is 1. The van der Waals surface area contributed by atoms with Crippen molar-refractivity contribution < 1.29 is 24.2 Å². The summed E-state index contributed by atoms with van der Waals surface area (Å²) in [5.74, 6) is -1.08. The van der Waals surface area contributed by atoms with E-state index >= 15 is 0 Å². The number of hydrogen-bond acceptors (Lipinski definition) is 5. The molecule has 5 nitrogen and oxygen atoms in total. The Labute approximate surface area is 124 Å². The minimum Gasteiger partial charge on any atom is -0.512 e.